The van der Waals surface area contributed by atoms with Crippen LogP contribution in [0, 0.1) is 0 Å². The first kappa shape index (κ1) is 12.8. The summed E-state index contributed by atoms with van der Waals surface area (Å²) in [5.41, 5.74) is 0.279. The van der Waals surface area contributed by atoms with Crippen molar-refractivity contribution in [2.45, 2.75) is 12.6 Å². The van der Waals surface area contributed by atoms with Crippen LogP contribution in [0.3, 0.4) is 0 Å². The van der Waals surface area contributed by atoms with Crippen molar-refractivity contribution in [3.63, 3.8) is 0 Å². The van der Waals surface area contributed by atoms with Crippen molar-refractivity contribution in [3.8, 4) is 10.6 Å². The molecule has 0 amide bonds. The first-order valence-corrected chi connectivity index (χ1v) is 5.94. The predicted octanol–water partition coefficient (Wildman–Crippen LogP) is 3.57. The lowest BCUT2D eigenvalue weighted by Crippen LogP contribution is -2.04. The molecule has 0 saturated heterocycles. The van der Waals surface area contributed by atoms with Crippen LogP contribution in [0.2, 0.25) is 0 Å². The SMILES string of the molecule is O=CCc1csc(-c2cccc(C(F)(F)F)c2)n1. The van der Waals surface area contributed by atoms with Gasteiger partial charge in [-0.15, -0.1) is 11.3 Å². The molecule has 0 aliphatic rings. The monoisotopic (exact) mass is 271 g/mol. The van der Waals surface area contributed by atoms with Crippen LogP contribution in [0.5, 0.6) is 0 Å². The molecule has 0 bridgehead atoms. The van der Waals surface area contributed by atoms with Crippen LogP contribution in [0.1, 0.15) is 11.3 Å². The zero-order chi connectivity index (χ0) is 13.2. The zero-order valence-corrected chi connectivity index (χ0v) is 9.89. The van der Waals surface area contributed by atoms with Gasteiger partial charge in [-0.25, -0.2) is 4.98 Å². The van der Waals surface area contributed by atoms with Gasteiger partial charge in [-0.1, -0.05) is 12.1 Å². The fourth-order valence-corrected chi connectivity index (χ4v) is 2.28. The van der Waals surface area contributed by atoms with E-state index in [4.69, 9.17) is 0 Å². The maximum absolute atomic E-state index is 12.5. The smallest absolute Gasteiger partial charge is 0.303 e. The highest BCUT2D eigenvalue weighted by Crippen LogP contribution is 2.32. The second kappa shape index (κ2) is 4.89. The Labute approximate surface area is 105 Å². The van der Waals surface area contributed by atoms with Crippen LogP contribution in [0.25, 0.3) is 10.6 Å². The lowest BCUT2D eigenvalue weighted by Gasteiger charge is -2.07. The lowest BCUT2D eigenvalue weighted by atomic mass is 10.1. The molecule has 0 aliphatic heterocycles. The number of rotatable bonds is 3. The van der Waals surface area contributed by atoms with Gasteiger partial charge < -0.3 is 4.79 Å². The summed E-state index contributed by atoms with van der Waals surface area (Å²) in [4.78, 5) is 14.4. The Hall–Kier alpha value is -1.69. The van der Waals surface area contributed by atoms with Crippen molar-refractivity contribution in [2.75, 3.05) is 0 Å². The van der Waals surface area contributed by atoms with Crippen LogP contribution in [-0.4, -0.2) is 11.3 Å². The van der Waals surface area contributed by atoms with E-state index in [-0.39, 0.29) is 6.42 Å². The number of aromatic nitrogens is 1. The molecular formula is C12H8F3NOS. The Morgan fingerprint density at radius 1 is 1.33 bits per heavy atom. The highest BCUT2D eigenvalue weighted by molar-refractivity contribution is 7.13. The van der Waals surface area contributed by atoms with Gasteiger partial charge in [-0.05, 0) is 12.1 Å². The summed E-state index contributed by atoms with van der Waals surface area (Å²) < 4.78 is 37.6. The molecule has 0 fully saturated rings. The van der Waals surface area contributed by atoms with Crippen LogP contribution >= 0.6 is 11.3 Å². The Morgan fingerprint density at radius 3 is 2.78 bits per heavy atom. The Bertz CT molecular complexity index is 562. The van der Waals surface area contributed by atoms with Crippen molar-refractivity contribution >= 4 is 17.6 Å². The van der Waals surface area contributed by atoms with Crippen molar-refractivity contribution in [3.05, 3.63) is 40.9 Å². The van der Waals surface area contributed by atoms with E-state index in [9.17, 15) is 18.0 Å². The minimum Gasteiger partial charge on any atom is -0.303 e. The van der Waals surface area contributed by atoms with Gasteiger partial charge in [0.2, 0.25) is 0 Å². The number of carbonyl (C=O) groups excluding carboxylic acids is 1. The Balaban J connectivity index is 2.35. The standard InChI is InChI=1S/C12H8F3NOS/c13-12(14,15)9-3-1-2-8(6-9)11-16-10(4-5-17)7-18-11/h1-3,5-7H,4H2. The molecule has 0 saturated carbocycles. The number of halogens is 3. The van der Waals surface area contributed by atoms with E-state index in [1.807, 2.05) is 0 Å². The zero-order valence-electron chi connectivity index (χ0n) is 9.07. The number of hydrogen-bond acceptors (Lipinski definition) is 3. The van der Waals surface area contributed by atoms with Crippen molar-refractivity contribution in [2.24, 2.45) is 0 Å². The summed E-state index contributed by atoms with van der Waals surface area (Å²) in [6.45, 7) is 0. The average molecular weight is 271 g/mol. The molecule has 0 N–H and O–H groups in total. The van der Waals surface area contributed by atoms with Crippen molar-refractivity contribution in [1.82, 2.24) is 4.98 Å². The number of alkyl halides is 3. The summed E-state index contributed by atoms with van der Waals surface area (Å²) in [7, 11) is 0. The summed E-state index contributed by atoms with van der Waals surface area (Å²) in [5.74, 6) is 0. The van der Waals surface area contributed by atoms with Gasteiger partial charge in [-0.3, -0.25) is 0 Å². The summed E-state index contributed by atoms with van der Waals surface area (Å²) in [6, 6.07) is 4.99. The molecule has 1 aromatic carbocycles. The minimum absolute atomic E-state index is 0.176. The number of aldehydes is 1. The molecule has 0 aliphatic carbocycles. The van der Waals surface area contributed by atoms with E-state index in [1.165, 1.54) is 17.4 Å². The number of carbonyl (C=O) groups is 1. The van der Waals surface area contributed by atoms with Crippen LogP contribution < -0.4 is 0 Å². The van der Waals surface area contributed by atoms with Crippen LogP contribution in [0.4, 0.5) is 13.2 Å². The number of nitrogens with zero attached hydrogens (tertiary/aromatic N) is 1. The Morgan fingerprint density at radius 2 is 2.11 bits per heavy atom. The fourth-order valence-electron chi connectivity index (χ4n) is 1.45. The molecule has 6 heteroatoms. The van der Waals surface area contributed by atoms with Gasteiger partial charge in [-0.2, -0.15) is 13.2 Å². The summed E-state index contributed by atoms with van der Waals surface area (Å²) >= 11 is 1.22. The maximum Gasteiger partial charge on any atom is 0.416 e. The first-order valence-electron chi connectivity index (χ1n) is 5.06. The normalized spacial score (nSPS) is 11.5. The van der Waals surface area contributed by atoms with E-state index in [0.717, 1.165) is 12.1 Å². The third kappa shape index (κ3) is 2.76. The summed E-state index contributed by atoms with van der Waals surface area (Å²) in [5, 5.41) is 2.15. The number of hydrogen-bond donors (Lipinski definition) is 0. The van der Waals surface area contributed by atoms with E-state index < -0.39 is 11.7 Å². The minimum atomic E-state index is -4.36. The second-order valence-corrected chi connectivity index (χ2v) is 4.45. The Kier molecular flexibility index (Phi) is 3.47. The van der Waals surface area contributed by atoms with Gasteiger partial charge in [0.25, 0.3) is 0 Å². The summed E-state index contributed by atoms with van der Waals surface area (Å²) in [6.07, 6.45) is -3.47. The fraction of sp³-hybridized carbons (Fsp3) is 0.167. The van der Waals surface area contributed by atoms with Crippen LogP contribution in [-0.2, 0) is 17.4 Å². The van der Waals surface area contributed by atoms with Crippen molar-refractivity contribution < 1.29 is 18.0 Å². The molecule has 0 atom stereocenters. The molecule has 0 unspecified atom stereocenters. The van der Waals surface area contributed by atoms with E-state index in [2.05, 4.69) is 4.98 Å². The molecule has 94 valence electrons. The topological polar surface area (TPSA) is 30.0 Å². The van der Waals surface area contributed by atoms with E-state index >= 15 is 0 Å². The first-order chi connectivity index (χ1) is 8.50. The number of benzene rings is 1. The van der Waals surface area contributed by atoms with Gasteiger partial charge in [0.1, 0.15) is 11.3 Å². The van der Waals surface area contributed by atoms with Crippen LogP contribution in [0.15, 0.2) is 29.6 Å². The quantitative estimate of drug-likeness (QED) is 0.799. The van der Waals surface area contributed by atoms with E-state index in [1.54, 1.807) is 11.4 Å². The predicted molar refractivity (Wildman–Crippen MR) is 62.3 cm³/mol. The average Bonchev–Trinajstić information content (AvgIpc) is 2.77. The number of thiazole rings is 1. The molecule has 1 heterocycles. The molecule has 0 spiro atoms. The lowest BCUT2D eigenvalue weighted by molar-refractivity contribution is -0.137. The third-order valence-electron chi connectivity index (χ3n) is 2.28. The van der Waals surface area contributed by atoms with Gasteiger partial charge >= 0.3 is 6.18 Å². The highest BCUT2D eigenvalue weighted by atomic mass is 32.1. The third-order valence-corrected chi connectivity index (χ3v) is 3.22. The highest BCUT2D eigenvalue weighted by Gasteiger charge is 2.30. The molecule has 0 radical (unpaired) electrons. The molecule has 1 aromatic heterocycles. The molecule has 18 heavy (non-hydrogen) atoms. The maximum atomic E-state index is 12.5. The molecule has 2 nitrogen and oxygen atoms in total. The molecular weight excluding hydrogens is 263 g/mol. The molecule has 2 rings (SSSR count). The molecule has 2 aromatic rings. The van der Waals surface area contributed by atoms with E-state index in [0.29, 0.717) is 22.6 Å². The van der Waals surface area contributed by atoms with Crippen molar-refractivity contribution in [1.29, 1.82) is 0 Å². The van der Waals surface area contributed by atoms with Gasteiger partial charge in [0, 0.05) is 17.4 Å². The second-order valence-electron chi connectivity index (χ2n) is 3.59. The van der Waals surface area contributed by atoms with Gasteiger partial charge in [0.05, 0.1) is 11.3 Å². The largest absolute Gasteiger partial charge is 0.416 e. The van der Waals surface area contributed by atoms with Gasteiger partial charge in [0.15, 0.2) is 0 Å².